The van der Waals surface area contributed by atoms with Crippen LogP contribution < -0.4 is 5.32 Å². The molecule has 1 N–H and O–H groups in total. The maximum atomic E-state index is 5.15. The molecule has 2 saturated carbocycles. The molecule has 1 aromatic heterocycles. The van der Waals surface area contributed by atoms with Crippen molar-refractivity contribution in [3.05, 3.63) is 66.5 Å². The lowest BCUT2D eigenvalue weighted by Gasteiger charge is -2.53. The number of rotatable bonds is 3. The molecule has 2 aliphatic carbocycles. The summed E-state index contributed by atoms with van der Waals surface area (Å²) in [6.45, 7) is 2.38. The smallest absolute Gasteiger partial charge is 0.163 e. The Morgan fingerprint density at radius 3 is 2.13 bits per heavy atom. The first-order chi connectivity index (χ1) is 18.8. The fraction of sp³-hybridized carbons (Fsp3) is 0.531. The standard InChI is InChI=1S/C32H37N5S/c1-3-9-20(10-4-1)30-34-31(21-11-5-2-6-12-21)36-32(35-30)22-15-16-25-23(17-22)24-18-33-19-28-29(24)37(25)26-13-7-8-14-27(26)38-28/h1-6,9-12,22-29,33H,7-8,13-19H2. The van der Waals surface area contributed by atoms with E-state index >= 15 is 0 Å². The van der Waals surface area contributed by atoms with Crippen molar-refractivity contribution in [3.63, 3.8) is 0 Å². The van der Waals surface area contributed by atoms with Crippen molar-refractivity contribution in [2.24, 2.45) is 11.8 Å². The molecule has 5 nitrogen and oxygen atoms in total. The van der Waals surface area contributed by atoms with Gasteiger partial charge in [0.25, 0.3) is 0 Å². The molecule has 38 heavy (non-hydrogen) atoms. The summed E-state index contributed by atoms with van der Waals surface area (Å²) in [6, 6.07) is 23.2. The predicted molar refractivity (Wildman–Crippen MR) is 154 cm³/mol. The van der Waals surface area contributed by atoms with Crippen LogP contribution >= 0.6 is 11.8 Å². The van der Waals surface area contributed by atoms with Gasteiger partial charge in [-0.05, 0) is 50.5 Å². The van der Waals surface area contributed by atoms with Crippen molar-refractivity contribution < 1.29 is 0 Å². The highest BCUT2D eigenvalue weighted by Gasteiger charge is 2.59. The molecule has 196 valence electrons. The molecule has 8 atom stereocenters. The van der Waals surface area contributed by atoms with E-state index in [0.717, 1.165) is 69.1 Å². The van der Waals surface area contributed by atoms with E-state index in [9.17, 15) is 0 Å². The first kappa shape index (κ1) is 23.6. The maximum Gasteiger partial charge on any atom is 0.163 e. The van der Waals surface area contributed by atoms with Crippen LogP contribution in [0, 0.1) is 11.8 Å². The van der Waals surface area contributed by atoms with E-state index in [1.54, 1.807) is 0 Å². The van der Waals surface area contributed by atoms with Crippen molar-refractivity contribution in [3.8, 4) is 22.8 Å². The third-order valence-electron chi connectivity index (χ3n) is 10.2. The van der Waals surface area contributed by atoms with Gasteiger partial charge in [-0.2, -0.15) is 11.8 Å². The highest BCUT2D eigenvalue weighted by atomic mass is 32.2. The molecule has 8 unspecified atom stereocenters. The number of piperidine rings is 1. The SMILES string of the molecule is c1ccc(-c2nc(-c3ccccc3)nc(C3CCC4C(C3)C3CNCC5SC6CCCCC6N4C53)n2)cc1. The molecule has 0 amide bonds. The number of nitrogens with one attached hydrogen (secondary N) is 1. The molecular weight excluding hydrogens is 486 g/mol. The molecule has 6 heteroatoms. The second-order valence-electron chi connectivity index (χ2n) is 12.1. The van der Waals surface area contributed by atoms with Crippen LogP contribution in [0.5, 0.6) is 0 Å². The zero-order valence-corrected chi connectivity index (χ0v) is 22.8. The Kier molecular flexibility index (Phi) is 6.04. The minimum absolute atomic E-state index is 0.403. The molecule has 2 aromatic carbocycles. The molecule has 5 aliphatic rings. The monoisotopic (exact) mass is 523 g/mol. The average molecular weight is 524 g/mol. The zero-order valence-electron chi connectivity index (χ0n) is 22.0. The van der Waals surface area contributed by atoms with Crippen LogP contribution in [-0.2, 0) is 0 Å². The van der Waals surface area contributed by atoms with Gasteiger partial charge in [0, 0.05) is 52.2 Å². The first-order valence-corrected chi connectivity index (χ1v) is 15.8. The summed E-state index contributed by atoms with van der Waals surface area (Å²) in [6.07, 6.45) is 9.39. The lowest BCUT2D eigenvalue weighted by molar-refractivity contribution is 0.0622. The number of hydrogen-bond donors (Lipinski definition) is 1. The highest BCUT2D eigenvalue weighted by Crippen LogP contribution is 2.56. The van der Waals surface area contributed by atoms with E-state index in [-0.39, 0.29) is 0 Å². The predicted octanol–water partition coefficient (Wildman–Crippen LogP) is 5.79. The van der Waals surface area contributed by atoms with E-state index in [4.69, 9.17) is 15.0 Å². The number of fused-ring (bicyclic) bond motifs is 5. The zero-order chi connectivity index (χ0) is 25.1. The van der Waals surface area contributed by atoms with E-state index in [1.807, 2.05) is 0 Å². The van der Waals surface area contributed by atoms with Gasteiger partial charge in [0.05, 0.1) is 0 Å². The Bertz CT molecular complexity index is 1230. The Morgan fingerprint density at radius 2 is 1.39 bits per heavy atom. The third kappa shape index (κ3) is 3.94. The second kappa shape index (κ2) is 9.72. The lowest BCUT2D eigenvalue weighted by atomic mass is 9.72. The van der Waals surface area contributed by atoms with Crippen molar-refractivity contribution in [2.75, 3.05) is 13.1 Å². The van der Waals surface area contributed by atoms with Gasteiger partial charge in [-0.15, -0.1) is 0 Å². The molecular formula is C32H37N5S. The lowest BCUT2D eigenvalue weighted by Crippen LogP contribution is -2.62. The number of nitrogens with zero attached hydrogens (tertiary/aromatic N) is 4. The molecule has 3 aliphatic heterocycles. The van der Waals surface area contributed by atoms with Gasteiger partial charge in [0.15, 0.2) is 11.6 Å². The van der Waals surface area contributed by atoms with Gasteiger partial charge in [-0.1, -0.05) is 73.5 Å². The molecule has 3 aromatic rings. The van der Waals surface area contributed by atoms with Gasteiger partial charge in [-0.3, -0.25) is 4.90 Å². The fourth-order valence-electron chi connectivity index (χ4n) is 8.61. The van der Waals surface area contributed by atoms with Crippen molar-refractivity contribution in [2.45, 2.75) is 79.5 Å². The van der Waals surface area contributed by atoms with Crippen molar-refractivity contribution in [1.82, 2.24) is 25.2 Å². The summed E-state index contributed by atoms with van der Waals surface area (Å²) in [5.74, 6) is 4.53. The topological polar surface area (TPSA) is 53.9 Å². The highest BCUT2D eigenvalue weighted by molar-refractivity contribution is 8.00. The van der Waals surface area contributed by atoms with Crippen LogP contribution in [-0.4, -0.2) is 61.6 Å². The summed E-state index contributed by atoms with van der Waals surface area (Å²) in [4.78, 5) is 18.3. The van der Waals surface area contributed by atoms with E-state index in [2.05, 4.69) is 82.6 Å². The minimum Gasteiger partial charge on any atom is -0.315 e. The molecule has 5 fully saturated rings. The summed E-state index contributed by atoms with van der Waals surface area (Å²) >= 11 is 2.35. The van der Waals surface area contributed by atoms with Gasteiger partial charge in [0.2, 0.25) is 0 Å². The molecule has 8 rings (SSSR count). The van der Waals surface area contributed by atoms with Gasteiger partial charge in [0.1, 0.15) is 5.82 Å². The van der Waals surface area contributed by atoms with Crippen LogP contribution in [0.1, 0.15) is 56.7 Å². The molecule has 3 saturated heterocycles. The number of aromatic nitrogens is 3. The van der Waals surface area contributed by atoms with Crippen LogP contribution in [0.3, 0.4) is 0 Å². The quantitative estimate of drug-likeness (QED) is 0.469. The normalized spacial score (nSPS) is 36.2. The van der Waals surface area contributed by atoms with Crippen LogP contribution in [0.2, 0.25) is 0 Å². The van der Waals surface area contributed by atoms with Gasteiger partial charge in [-0.25, -0.2) is 15.0 Å². The van der Waals surface area contributed by atoms with Crippen LogP contribution in [0.25, 0.3) is 22.8 Å². The number of hydrogen-bond acceptors (Lipinski definition) is 6. The molecule has 0 radical (unpaired) electrons. The van der Waals surface area contributed by atoms with Gasteiger partial charge >= 0.3 is 0 Å². The number of thioether (sulfide) groups is 1. The van der Waals surface area contributed by atoms with E-state index in [0.29, 0.717) is 5.92 Å². The largest absolute Gasteiger partial charge is 0.315 e. The van der Waals surface area contributed by atoms with E-state index in [1.165, 1.54) is 58.0 Å². The second-order valence-corrected chi connectivity index (χ2v) is 13.6. The summed E-state index contributed by atoms with van der Waals surface area (Å²) in [5, 5.41) is 5.49. The van der Waals surface area contributed by atoms with Gasteiger partial charge < -0.3 is 5.32 Å². The molecule has 0 bridgehead atoms. The fourth-order valence-corrected chi connectivity index (χ4v) is 10.5. The maximum absolute atomic E-state index is 5.15. The third-order valence-corrected chi connectivity index (χ3v) is 11.9. The summed E-state index contributed by atoms with van der Waals surface area (Å²) in [5.41, 5.74) is 2.14. The van der Waals surface area contributed by atoms with E-state index < -0.39 is 0 Å². The Labute approximate surface area is 230 Å². The van der Waals surface area contributed by atoms with Crippen molar-refractivity contribution in [1.29, 1.82) is 0 Å². The number of benzene rings is 2. The molecule has 4 heterocycles. The van der Waals surface area contributed by atoms with Crippen LogP contribution in [0.15, 0.2) is 60.7 Å². The Hall–Kier alpha value is -2.28. The van der Waals surface area contributed by atoms with Crippen molar-refractivity contribution >= 4 is 11.8 Å². The summed E-state index contributed by atoms with van der Waals surface area (Å²) < 4.78 is 0. The Morgan fingerprint density at radius 1 is 0.684 bits per heavy atom. The molecule has 0 spiro atoms. The average Bonchev–Trinajstić information content (AvgIpc) is 3.33. The van der Waals surface area contributed by atoms with Crippen LogP contribution in [0.4, 0.5) is 0 Å². The minimum atomic E-state index is 0.403. The first-order valence-electron chi connectivity index (χ1n) is 14.8. The summed E-state index contributed by atoms with van der Waals surface area (Å²) in [7, 11) is 0. The Balaban J connectivity index is 1.14.